The number of nitrogens with zero attached hydrogens (tertiary/aromatic N) is 1. The number of guanidine groups is 1. The van der Waals surface area contributed by atoms with Gasteiger partial charge in [-0.25, -0.2) is 4.39 Å². The summed E-state index contributed by atoms with van der Waals surface area (Å²) in [5.41, 5.74) is 0.544. The Morgan fingerprint density at radius 2 is 2.05 bits per heavy atom. The maximum atomic E-state index is 13.6. The monoisotopic (exact) mass is 413 g/mol. The van der Waals surface area contributed by atoms with Gasteiger partial charge < -0.3 is 10.6 Å². The van der Waals surface area contributed by atoms with Crippen molar-refractivity contribution in [3.63, 3.8) is 0 Å². The molecule has 20 heavy (non-hydrogen) atoms. The molecule has 0 aromatic heterocycles. The van der Waals surface area contributed by atoms with E-state index in [9.17, 15) is 4.39 Å². The van der Waals surface area contributed by atoms with Crippen LogP contribution in [0.4, 0.5) is 4.39 Å². The van der Waals surface area contributed by atoms with Crippen molar-refractivity contribution in [2.45, 2.75) is 26.7 Å². The number of hydrogen-bond donors (Lipinski definition) is 2. The summed E-state index contributed by atoms with van der Waals surface area (Å²) in [6.07, 6.45) is 1.53. The second kappa shape index (κ2) is 11.1. The third kappa shape index (κ3) is 6.74. The van der Waals surface area contributed by atoms with Crippen LogP contribution in [0, 0.1) is 5.82 Å². The standard InChI is InChI=1S/C14H21ClFN3.HI/c1-3-9-18-14(17-4-2)19-10-8-11-12(15)6-5-7-13(11)16;/h5-7H,3-4,8-10H2,1-2H3,(H2,17,18,19);1H. The van der Waals surface area contributed by atoms with Crippen LogP contribution in [0.1, 0.15) is 25.8 Å². The van der Waals surface area contributed by atoms with E-state index in [1.165, 1.54) is 6.07 Å². The van der Waals surface area contributed by atoms with Crippen LogP contribution in [-0.4, -0.2) is 25.6 Å². The van der Waals surface area contributed by atoms with Gasteiger partial charge in [-0.2, -0.15) is 0 Å². The Hall–Kier alpha value is -0.560. The Kier molecular flexibility index (Phi) is 10.8. The first-order chi connectivity index (χ1) is 9.19. The second-order valence-corrected chi connectivity index (χ2v) is 4.54. The smallest absolute Gasteiger partial charge is 0.191 e. The summed E-state index contributed by atoms with van der Waals surface area (Å²) in [5.74, 6) is 0.501. The van der Waals surface area contributed by atoms with E-state index in [4.69, 9.17) is 11.6 Å². The number of halogens is 3. The molecule has 2 N–H and O–H groups in total. The summed E-state index contributed by atoms with van der Waals surface area (Å²) in [6.45, 7) is 6.26. The van der Waals surface area contributed by atoms with Gasteiger partial charge in [-0.15, -0.1) is 24.0 Å². The SMILES string of the molecule is CCCN=C(NCC)NCCc1c(F)cccc1Cl.I. The van der Waals surface area contributed by atoms with E-state index in [0.717, 1.165) is 25.5 Å². The lowest BCUT2D eigenvalue weighted by Gasteiger charge is -2.12. The van der Waals surface area contributed by atoms with E-state index < -0.39 is 0 Å². The summed E-state index contributed by atoms with van der Waals surface area (Å²) in [4.78, 5) is 4.38. The number of aliphatic imine (C=N–C) groups is 1. The van der Waals surface area contributed by atoms with Crippen LogP contribution >= 0.6 is 35.6 Å². The predicted octanol–water partition coefficient (Wildman–Crippen LogP) is 3.60. The number of rotatable bonds is 6. The van der Waals surface area contributed by atoms with Crippen molar-refractivity contribution >= 4 is 41.5 Å². The molecule has 0 saturated heterocycles. The van der Waals surface area contributed by atoms with Crippen molar-refractivity contribution in [1.82, 2.24) is 10.6 Å². The van der Waals surface area contributed by atoms with Crippen molar-refractivity contribution in [2.24, 2.45) is 4.99 Å². The average molecular weight is 414 g/mol. The third-order valence-electron chi connectivity index (χ3n) is 2.57. The van der Waals surface area contributed by atoms with Crippen LogP contribution in [0.25, 0.3) is 0 Å². The van der Waals surface area contributed by atoms with Gasteiger partial charge in [0, 0.05) is 30.2 Å². The van der Waals surface area contributed by atoms with Crippen molar-refractivity contribution in [2.75, 3.05) is 19.6 Å². The normalized spacial score (nSPS) is 10.9. The Bertz CT molecular complexity index is 407. The van der Waals surface area contributed by atoms with E-state index in [0.29, 0.717) is 23.6 Å². The molecule has 0 saturated carbocycles. The van der Waals surface area contributed by atoms with Gasteiger partial charge in [0.05, 0.1) is 0 Å². The van der Waals surface area contributed by atoms with Crippen LogP contribution < -0.4 is 10.6 Å². The largest absolute Gasteiger partial charge is 0.357 e. The fourth-order valence-electron chi connectivity index (χ4n) is 1.64. The van der Waals surface area contributed by atoms with Crippen LogP contribution in [0.3, 0.4) is 0 Å². The van der Waals surface area contributed by atoms with Crippen molar-refractivity contribution in [1.29, 1.82) is 0 Å². The number of hydrogen-bond acceptors (Lipinski definition) is 1. The molecule has 0 aliphatic rings. The highest BCUT2D eigenvalue weighted by atomic mass is 127. The van der Waals surface area contributed by atoms with Crippen molar-refractivity contribution in [3.8, 4) is 0 Å². The molecule has 0 heterocycles. The molecule has 1 aromatic rings. The Balaban J connectivity index is 0.00000361. The minimum Gasteiger partial charge on any atom is -0.357 e. The van der Waals surface area contributed by atoms with Gasteiger partial charge in [0.2, 0.25) is 0 Å². The van der Waals surface area contributed by atoms with Gasteiger partial charge in [-0.05, 0) is 31.9 Å². The van der Waals surface area contributed by atoms with Gasteiger partial charge >= 0.3 is 0 Å². The summed E-state index contributed by atoms with van der Waals surface area (Å²) < 4.78 is 13.6. The molecule has 0 fully saturated rings. The zero-order valence-corrected chi connectivity index (χ0v) is 15.0. The highest BCUT2D eigenvalue weighted by Crippen LogP contribution is 2.18. The predicted molar refractivity (Wildman–Crippen MR) is 94.8 cm³/mol. The minimum atomic E-state index is -0.259. The molecule has 0 spiro atoms. The first-order valence-electron chi connectivity index (χ1n) is 6.64. The highest BCUT2D eigenvalue weighted by Gasteiger charge is 2.06. The fraction of sp³-hybridized carbons (Fsp3) is 0.500. The van der Waals surface area contributed by atoms with E-state index in [1.54, 1.807) is 12.1 Å². The topological polar surface area (TPSA) is 36.4 Å². The summed E-state index contributed by atoms with van der Waals surface area (Å²) in [6, 6.07) is 4.75. The van der Waals surface area contributed by atoms with Gasteiger partial charge in [0.15, 0.2) is 5.96 Å². The molecule has 0 amide bonds. The average Bonchev–Trinajstić information content (AvgIpc) is 2.39. The summed E-state index contributed by atoms with van der Waals surface area (Å²) in [5, 5.41) is 6.79. The fourth-order valence-corrected chi connectivity index (χ4v) is 1.90. The maximum Gasteiger partial charge on any atom is 0.191 e. The van der Waals surface area contributed by atoms with Crippen LogP contribution in [0.2, 0.25) is 5.02 Å². The Labute approximate surface area is 142 Å². The quantitative estimate of drug-likeness (QED) is 0.425. The molecule has 0 atom stereocenters. The molecular formula is C14H22ClFIN3. The Morgan fingerprint density at radius 3 is 2.65 bits per heavy atom. The van der Waals surface area contributed by atoms with Crippen molar-refractivity contribution in [3.05, 3.63) is 34.6 Å². The molecule has 6 heteroatoms. The van der Waals surface area contributed by atoms with Gasteiger partial charge in [-0.3, -0.25) is 4.99 Å². The van der Waals surface area contributed by atoms with Gasteiger partial charge in [-0.1, -0.05) is 24.6 Å². The first kappa shape index (κ1) is 19.4. The zero-order valence-electron chi connectivity index (χ0n) is 11.9. The Morgan fingerprint density at radius 1 is 1.30 bits per heavy atom. The van der Waals surface area contributed by atoms with E-state index in [1.807, 2.05) is 6.92 Å². The van der Waals surface area contributed by atoms with Gasteiger partial charge in [0.25, 0.3) is 0 Å². The molecule has 1 aromatic carbocycles. The second-order valence-electron chi connectivity index (χ2n) is 4.14. The van der Waals surface area contributed by atoms with Crippen LogP contribution in [0.15, 0.2) is 23.2 Å². The lowest BCUT2D eigenvalue weighted by atomic mass is 10.1. The summed E-state index contributed by atoms with van der Waals surface area (Å²) in [7, 11) is 0. The van der Waals surface area contributed by atoms with Crippen molar-refractivity contribution < 1.29 is 4.39 Å². The number of nitrogens with one attached hydrogen (secondary N) is 2. The molecule has 3 nitrogen and oxygen atoms in total. The first-order valence-corrected chi connectivity index (χ1v) is 7.01. The molecule has 0 bridgehead atoms. The molecule has 0 unspecified atom stereocenters. The van der Waals surface area contributed by atoms with E-state index >= 15 is 0 Å². The van der Waals surface area contributed by atoms with E-state index in [2.05, 4.69) is 22.5 Å². The van der Waals surface area contributed by atoms with E-state index in [-0.39, 0.29) is 29.8 Å². The lowest BCUT2D eigenvalue weighted by molar-refractivity contribution is 0.607. The molecule has 0 aliphatic carbocycles. The molecule has 114 valence electrons. The molecular weight excluding hydrogens is 392 g/mol. The highest BCUT2D eigenvalue weighted by molar-refractivity contribution is 14.0. The zero-order chi connectivity index (χ0) is 14.1. The maximum absolute atomic E-state index is 13.6. The molecule has 1 rings (SSSR count). The van der Waals surface area contributed by atoms with Crippen LogP contribution in [0.5, 0.6) is 0 Å². The number of benzene rings is 1. The summed E-state index contributed by atoms with van der Waals surface area (Å²) >= 11 is 5.98. The minimum absolute atomic E-state index is 0. The third-order valence-corrected chi connectivity index (χ3v) is 2.92. The lowest BCUT2D eigenvalue weighted by Crippen LogP contribution is -2.38. The van der Waals surface area contributed by atoms with Gasteiger partial charge in [0.1, 0.15) is 5.82 Å². The molecule has 0 radical (unpaired) electrons. The van der Waals surface area contributed by atoms with Crippen LogP contribution in [-0.2, 0) is 6.42 Å². The molecule has 0 aliphatic heterocycles.